The van der Waals surface area contributed by atoms with Gasteiger partial charge >= 0.3 is 0 Å². The maximum absolute atomic E-state index is 12.7. The second kappa shape index (κ2) is 10.7. The molecule has 1 aromatic heterocycles. The van der Waals surface area contributed by atoms with Crippen molar-refractivity contribution in [3.63, 3.8) is 0 Å². The normalized spacial score (nSPS) is 16.2. The zero-order valence-corrected chi connectivity index (χ0v) is 18.9. The lowest BCUT2D eigenvalue weighted by Crippen LogP contribution is -2.43. The molecule has 3 rings (SSSR count). The third-order valence-electron chi connectivity index (χ3n) is 5.32. The van der Waals surface area contributed by atoms with Crippen LogP contribution in [0.25, 0.3) is 10.9 Å². The molecule has 164 valence electrons. The van der Waals surface area contributed by atoms with Gasteiger partial charge in [0.2, 0.25) is 0 Å². The molecule has 1 aromatic carbocycles. The molecule has 2 aromatic rings. The van der Waals surface area contributed by atoms with Crippen LogP contribution < -0.4 is 15.6 Å². The predicted molar refractivity (Wildman–Crippen MR) is 124 cm³/mol. The first-order chi connectivity index (χ1) is 14.5. The number of rotatable bonds is 9. The van der Waals surface area contributed by atoms with Crippen molar-refractivity contribution in [2.75, 3.05) is 47.4 Å². The first-order valence-corrected chi connectivity index (χ1v) is 10.9. The highest BCUT2D eigenvalue weighted by Crippen LogP contribution is 2.19. The maximum Gasteiger partial charge on any atom is 0.253 e. The van der Waals surface area contributed by atoms with Gasteiger partial charge in [0.25, 0.3) is 5.56 Å². The summed E-state index contributed by atoms with van der Waals surface area (Å²) >= 11 is 5.68. The first-order valence-electron chi connectivity index (χ1n) is 10.5. The maximum atomic E-state index is 12.7. The van der Waals surface area contributed by atoms with Crippen LogP contribution >= 0.6 is 12.2 Å². The van der Waals surface area contributed by atoms with Crippen molar-refractivity contribution in [1.82, 2.24) is 20.1 Å². The van der Waals surface area contributed by atoms with E-state index < -0.39 is 0 Å². The van der Waals surface area contributed by atoms with Crippen LogP contribution in [0.1, 0.15) is 24.8 Å². The molecular formula is C22H32N4O3S. The highest BCUT2D eigenvalue weighted by atomic mass is 32.1. The minimum atomic E-state index is -0.102. The van der Waals surface area contributed by atoms with E-state index in [2.05, 4.69) is 34.2 Å². The summed E-state index contributed by atoms with van der Waals surface area (Å²) in [5, 5.41) is 4.98. The van der Waals surface area contributed by atoms with Crippen molar-refractivity contribution in [2.24, 2.45) is 0 Å². The fraction of sp³-hybridized carbons (Fsp3) is 0.545. The van der Waals surface area contributed by atoms with Crippen LogP contribution in [0.15, 0.2) is 29.1 Å². The second-order valence-corrected chi connectivity index (χ2v) is 8.36. The first kappa shape index (κ1) is 22.5. The number of methoxy groups -OCH3 is 1. The van der Waals surface area contributed by atoms with Crippen molar-refractivity contribution in [1.29, 1.82) is 0 Å². The Bertz CT molecular complexity index is 909. The molecule has 1 atom stereocenters. The summed E-state index contributed by atoms with van der Waals surface area (Å²) < 4.78 is 10.9. The number of H-pyrrole nitrogens is 1. The molecule has 2 heterocycles. The fourth-order valence-electron chi connectivity index (χ4n) is 3.62. The number of aromatic amines is 1. The van der Waals surface area contributed by atoms with E-state index >= 15 is 0 Å². The van der Waals surface area contributed by atoms with Gasteiger partial charge < -0.3 is 29.6 Å². The van der Waals surface area contributed by atoms with Crippen LogP contribution in [0, 0.1) is 0 Å². The molecule has 2 N–H and O–H groups in total. The number of benzene rings is 1. The van der Waals surface area contributed by atoms with Gasteiger partial charge in [-0.2, -0.15) is 0 Å². The molecule has 7 nitrogen and oxygen atoms in total. The zero-order valence-electron chi connectivity index (χ0n) is 18.1. The summed E-state index contributed by atoms with van der Waals surface area (Å²) in [5.41, 5.74) is 1.36. The van der Waals surface area contributed by atoms with E-state index in [1.165, 1.54) is 0 Å². The Morgan fingerprint density at radius 2 is 2.17 bits per heavy atom. The molecule has 1 saturated heterocycles. The van der Waals surface area contributed by atoms with Gasteiger partial charge in [-0.25, -0.2) is 0 Å². The smallest absolute Gasteiger partial charge is 0.253 e. The predicted octanol–water partition coefficient (Wildman–Crippen LogP) is 2.34. The molecule has 1 aliphatic rings. The second-order valence-electron chi connectivity index (χ2n) is 7.98. The molecule has 8 heteroatoms. The molecule has 0 aliphatic carbocycles. The summed E-state index contributed by atoms with van der Waals surface area (Å²) in [6.45, 7) is 3.72. The lowest BCUT2D eigenvalue weighted by atomic mass is 10.1. The number of thiocarbonyl (C=S) groups is 1. The Morgan fingerprint density at radius 3 is 2.87 bits per heavy atom. The van der Waals surface area contributed by atoms with Crippen LogP contribution in [0.2, 0.25) is 0 Å². The van der Waals surface area contributed by atoms with E-state index in [1.54, 1.807) is 7.11 Å². The summed E-state index contributed by atoms with van der Waals surface area (Å²) in [5.74, 6) is 0.718. The molecule has 30 heavy (non-hydrogen) atoms. The van der Waals surface area contributed by atoms with Crippen molar-refractivity contribution < 1.29 is 9.47 Å². The minimum absolute atomic E-state index is 0.102. The number of nitrogens with one attached hydrogen (secondary N) is 2. The summed E-state index contributed by atoms with van der Waals surface area (Å²) in [7, 11) is 5.73. The lowest BCUT2D eigenvalue weighted by molar-refractivity contribution is 0.113. The van der Waals surface area contributed by atoms with Crippen LogP contribution in [0.5, 0.6) is 5.75 Å². The summed E-state index contributed by atoms with van der Waals surface area (Å²) in [6, 6.07) is 7.63. The van der Waals surface area contributed by atoms with E-state index in [0.29, 0.717) is 23.8 Å². The summed E-state index contributed by atoms with van der Waals surface area (Å²) in [4.78, 5) is 19.9. The van der Waals surface area contributed by atoms with Gasteiger partial charge in [0.05, 0.1) is 25.3 Å². The van der Waals surface area contributed by atoms with Crippen LogP contribution in [0.3, 0.4) is 0 Å². The summed E-state index contributed by atoms with van der Waals surface area (Å²) in [6.07, 6.45) is 3.33. The minimum Gasteiger partial charge on any atom is -0.497 e. The molecule has 0 spiro atoms. The molecule has 0 bridgehead atoms. The number of ether oxygens (including phenoxy) is 2. The van der Waals surface area contributed by atoms with Gasteiger partial charge in [-0.1, -0.05) is 0 Å². The molecule has 0 unspecified atom stereocenters. The number of nitrogens with zero attached hydrogens (tertiary/aromatic N) is 2. The Labute approximate surface area is 183 Å². The van der Waals surface area contributed by atoms with Crippen molar-refractivity contribution >= 4 is 28.2 Å². The van der Waals surface area contributed by atoms with Crippen molar-refractivity contribution in [3.8, 4) is 5.75 Å². The highest BCUT2D eigenvalue weighted by molar-refractivity contribution is 7.80. The molecule has 0 amide bonds. The molecule has 0 radical (unpaired) electrons. The number of fused-ring (bicyclic) bond motifs is 1. The fourth-order valence-corrected chi connectivity index (χ4v) is 3.86. The van der Waals surface area contributed by atoms with E-state index in [1.807, 2.05) is 24.3 Å². The SMILES string of the molecule is COc1ccc2cc(CN(CCCN(C)C)C(=S)NC[C@H]3CCCO3)c(=O)[nH]c2c1. The van der Waals surface area contributed by atoms with Crippen LogP contribution in [-0.2, 0) is 11.3 Å². The van der Waals surface area contributed by atoms with Gasteiger partial charge in [-0.3, -0.25) is 4.79 Å². The van der Waals surface area contributed by atoms with E-state index in [9.17, 15) is 4.79 Å². The third kappa shape index (κ3) is 6.17. The average Bonchev–Trinajstić information content (AvgIpc) is 3.24. The number of aromatic nitrogens is 1. The van der Waals surface area contributed by atoms with Crippen molar-refractivity contribution in [2.45, 2.75) is 31.9 Å². The number of pyridine rings is 1. The van der Waals surface area contributed by atoms with E-state index in [4.69, 9.17) is 21.7 Å². The van der Waals surface area contributed by atoms with Crippen LogP contribution in [-0.4, -0.2) is 73.4 Å². The average molecular weight is 433 g/mol. The van der Waals surface area contributed by atoms with Gasteiger partial charge in [0.15, 0.2) is 5.11 Å². The Balaban J connectivity index is 1.74. The van der Waals surface area contributed by atoms with Gasteiger partial charge in [0.1, 0.15) is 5.75 Å². The molecule has 1 fully saturated rings. The standard InChI is InChI=1S/C22H32N4O3S/c1-25(2)9-5-10-26(22(30)23-14-19-6-4-11-29-19)15-17-12-16-7-8-18(28-3)13-20(16)24-21(17)27/h7-8,12-13,19H,4-6,9-11,14-15H2,1-3H3,(H,23,30)(H,24,27)/t19-/m1/s1. The highest BCUT2D eigenvalue weighted by Gasteiger charge is 2.18. The monoisotopic (exact) mass is 432 g/mol. The Morgan fingerprint density at radius 1 is 1.33 bits per heavy atom. The molecule has 0 saturated carbocycles. The Hall–Kier alpha value is -2.16. The zero-order chi connectivity index (χ0) is 21.5. The molecular weight excluding hydrogens is 400 g/mol. The van der Waals surface area contributed by atoms with Gasteiger partial charge in [-0.05, 0) is 75.7 Å². The van der Waals surface area contributed by atoms with Gasteiger partial charge in [0, 0.05) is 31.3 Å². The topological polar surface area (TPSA) is 69.8 Å². The number of hydrogen-bond acceptors (Lipinski definition) is 5. The lowest BCUT2D eigenvalue weighted by Gasteiger charge is -2.27. The van der Waals surface area contributed by atoms with Crippen molar-refractivity contribution in [3.05, 3.63) is 40.2 Å². The quantitative estimate of drug-likeness (QED) is 0.590. The van der Waals surface area contributed by atoms with E-state index in [0.717, 1.165) is 55.6 Å². The van der Waals surface area contributed by atoms with Gasteiger partial charge in [-0.15, -0.1) is 0 Å². The molecule has 1 aliphatic heterocycles. The van der Waals surface area contributed by atoms with E-state index in [-0.39, 0.29) is 11.7 Å². The largest absolute Gasteiger partial charge is 0.497 e. The third-order valence-corrected chi connectivity index (χ3v) is 5.72. The van der Waals surface area contributed by atoms with Crippen LogP contribution in [0.4, 0.5) is 0 Å². The number of hydrogen-bond donors (Lipinski definition) is 2. The Kier molecular flexibility index (Phi) is 8.07.